The van der Waals surface area contributed by atoms with Gasteiger partial charge < -0.3 is 10.2 Å². The third kappa shape index (κ3) is 3.96. The van der Waals surface area contributed by atoms with Crippen LogP contribution >= 0.6 is 23.5 Å². The van der Waals surface area contributed by atoms with Crippen molar-refractivity contribution >= 4 is 35.1 Å². The number of hydrogen-bond donors (Lipinski definition) is 1. The molecule has 0 radical (unpaired) electrons. The average molecular weight is 322 g/mol. The number of rotatable bonds is 3. The van der Waals surface area contributed by atoms with E-state index in [1.807, 2.05) is 40.6 Å². The summed E-state index contributed by atoms with van der Waals surface area (Å²) in [6, 6.07) is 9.07. The van der Waals surface area contributed by atoms with E-state index in [0.717, 1.165) is 12.2 Å². The van der Waals surface area contributed by atoms with Crippen LogP contribution in [-0.2, 0) is 4.79 Å². The first-order valence-corrected chi connectivity index (χ1v) is 9.82. The quantitative estimate of drug-likeness (QED) is 0.927. The summed E-state index contributed by atoms with van der Waals surface area (Å²) in [5, 5.41) is 3.70. The van der Waals surface area contributed by atoms with Gasteiger partial charge in [0.25, 0.3) is 0 Å². The van der Waals surface area contributed by atoms with E-state index < -0.39 is 0 Å². The van der Waals surface area contributed by atoms with Crippen molar-refractivity contribution in [3.8, 4) is 0 Å². The smallest absolute Gasteiger partial charge is 0.228 e. The second kappa shape index (κ2) is 7.07. The third-order valence-corrected chi connectivity index (χ3v) is 6.47. The molecule has 2 fully saturated rings. The molecule has 0 bridgehead atoms. The van der Waals surface area contributed by atoms with E-state index in [1.165, 1.54) is 28.6 Å². The molecule has 0 saturated carbocycles. The van der Waals surface area contributed by atoms with Crippen LogP contribution in [0.1, 0.15) is 12.0 Å². The molecule has 1 atom stereocenters. The highest BCUT2D eigenvalue weighted by Crippen LogP contribution is 2.23. The van der Waals surface area contributed by atoms with Crippen LogP contribution in [0.4, 0.5) is 5.69 Å². The molecule has 1 N–H and O–H groups in total. The minimum absolute atomic E-state index is 0.241. The molecule has 2 saturated heterocycles. The Kier molecular flexibility index (Phi) is 5.14. The van der Waals surface area contributed by atoms with Crippen molar-refractivity contribution < 1.29 is 4.79 Å². The van der Waals surface area contributed by atoms with Gasteiger partial charge in [-0.15, -0.1) is 0 Å². The first kappa shape index (κ1) is 15.3. The van der Waals surface area contributed by atoms with Crippen molar-refractivity contribution in [2.24, 2.45) is 0 Å². The Morgan fingerprint density at radius 3 is 2.43 bits per heavy atom. The second-order valence-corrected chi connectivity index (χ2v) is 8.05. The Balaban J connectivity index is 1.60. The van der Waals surface area contributed by atoms with Gasteiger partial charge in [0.15, 0.2) is 0 Å². The SMILES string of the molecule is Cc1ccc(N2CC(NC3CSCCSC3)CC2=O)cc1. The largest absolute Gasteiger partial charge is 0.311 e. The monoisotopic (exact) mass is 322 g/mol. The van der Waals surface area contributed by atoms with Crippen LogP contribution in [0.15, 0.2) is 24.3 Å². The van der Waals surface area contributed by atoms with E-state index in [1.54, 1.807) is 0 Å². The maximum Gasteiger partial charge on any atom is 0.228 e. The lowest BCUT2D eigenvalue weighted by Crippen LogP contribution is -2.42. The number of amides is 1. The number of anilines is 1. The molecule has 21 heavy (non-hydrogen) atoms. The van der Waals surface area contributed by atoms with E-state index >= 15 is 0 Å². The maximum atomic E-state index is 12.3. The zero-order chi connectivity index (χ0) is 14.7. The summed E-state index contributed by atoms with van der Waals surface area (Å²) >= 11 is 4.05. The number of hydrogen-bond acceptors (Lipinski definition) is 4. The van der Waals surface area contributed by atoms with E-state index in [2.05, 4.69) is 24.4 Å². The highest BCUT2D eigenvalue weighted by atomic mass is 32.2. The van der Waals surface area contributed by atoms with Gasteiger partial charge in [-0.3, -0.25) is 4.79 Å². The summed E-state index contributed by atoms with van der Waals surface area (Å²) < 4.78 is 0. The predicted octanol–water partition coefficient (Wildman–Crippen LogP) is 2.54. The predicted molar refractivity (Wildman–Crippen MR) is 93.5 cm³/mol. The average Bonchev–Trinajstić information content (AvgIpc) is 2.68. The van der Waals surface area contributed by atoms with Gasteiger partial charge in [-0.2, -0.15) is 23.5 Å². The molecule has 1 amide bonds. The molecule has 2 aliphatic rings. The van der Waals surface area contributed by atoms with Gasteiger partial charge in [0.1, 0.15) is 0 Å². The fourth-order valence-electron chi connectivity index (χ4n) is 2.84. The fourth-order valence-corrected chi connectivity index (χ4v) is 5.26. The molecule has 1 unspecified atom stereocenters. The van der Waals surface area contributed by atoms with Crippen molar-refractivity contribution in [3.05, 3.63) is 29.8 Å². The standard InChI is InChI=1S/C16H22N2OS2/c1-12-2-4-15(5-3-12)18-9-13(8-16(18)19)17-14-10-20-6-7-21-11-14/h2-5,13-14,17H,6-11H2,1H3. The molecule has 3 nitrogen and oxygen atoms in total. The van der Waals surface area contributed by atoms with E-state index in [4.69, 9.17) is 0 Å². The molecule has 1 aromatic rings. The lowest BCUT2D eigenvalue weighted by Gasteiger charge is -2.21. The lowest BCUT2D eigenvalue weighted by atomic mass is 10.2. The van der Waals surface area contributed by atoms with Gasteiger partial charge in [-0.25, -0.2) is 0 Å². The number of benzene rings is 1. The molecule has 1 aromatic carbocycles. The molecule has 2 aliphatic heterocycles. The van der Waals surface area contributed by atoms with E-state index in [0.29, 0.717) is 18.5 Å². The summed E-state index contributed by atoms with van der Waals surface area (Å²) in [4.78, 5) is 14.2. The number of nitrogens with one attached hydrogen (secondary N) is 1. The third-order valence-electron chi connectivity index (χ3n) is 3.95. The molecule has 0 spiro atoms. The van der Waals surface area contributed by atoms with Crippen LogP contribution < -0.4 is 10.2 Å². The van der Waals surface area contributed by atoms with Crippen molar-refractivity contribution in [2.75, 3.05) is 34.5 Å². The van der Waals surface area contributed by atoms with E-state index in [-0.39, 0.29) is 5.91 Å². The number of aryl methyl sites for hydroxylation is 1. The van der Waals surface area contributed by atoms with Gasteiger partial charge in [-0.05, 0) is 19.1 Å². The topological polar surface area (TPSA) is 32.3 Å². The van der Waals surface area contributed by atoms with Crippen LogP contribution in [0.5, 0.6) is 0 Å². The summed E-state index contributed by atoms with van der Waals surface area (Å²) in [6.07, 6.45) is 0.625. The van der Waals surface area contributed by atoms with Crippen LogP contribution in [0.2, 0.25) is 0 Å². The Morgan fingerprint density at radius 2 is 1.76 bits per heavy atom. The number of nitrogens with zero attached hydrogens (tertiary/aromatic N) is 1. The molecule has 5 heteroatoms. The fraction of sp³-hybridized carbons (Fsp3) is 0.562. The zero-order valence-corrected chi connectivity index (χ0v) is 14.0. The maximum absolute atomic E-state index is 12.3. The minimum atomic E-state index is 0.241. The molecule has 114 valence electrons. The molecular weight excluding hydrogens is 300 g/mol. The van der Waals surface area contributed by atoms with Crippen molar-refractivity contribution in [2.45, 2.75) is 25.4 Å². The molecule has 0 aliphatic carbocycles. The normalized spacial score (nSPS) is 24.3. The van der Waals surface area contributed by atoms with E-state index in [9.17, 15) is 4.79 Å². The lowest BCUT2D eigenvalue weighted by molar-refractivity contribution is -0.117. The summed E-state index contributed by atoms with van der Waals surface area (Å²) in [5.74, 6) is 5.08. The van der Waals surface area contributed by atoms with Crippen molar-refractivity contribution in [1.29, 1.82) is 0 Å². The first-order valence-electron chi connectivity index (χ1n) is 7.51. The number of carbonyl (C=O) groups excluding carboxylic acids is 1. The molecule has 0 aromatic heterocycles. The molecule has 3 rings (SSSR count). The van der Waals surface area contributed by atoms with Crippen LogP contribution in [-0.4, -0.2) is 47.5 Å². The number of carbonyl (C=O) groups is 1. The summed E-state index contributed by atoms with van der Waals surface area (Å²) in [7, 11) is 0. The second-order valence-electron chi connectivity index (χ2n) is 5.75. The summed E-state index contributed by atoms with van der Waals surface area (Å²) in [6.45, 7) is 2.87. The van der Waals surface area contributed by atoms with Crippen LogP contribution in [0.3, 0.4) is 0 Å². The first-order chi connectivity index (χ1) is 10.2. The minimum Gasteiger partial charge on any atom is -0.311 e. The van der Waals surface area contributed by atoms with Crippen molar-refractivity contribution in [3.63, 3.8) is 0 Å². The van der Waals surface area contributed by atoms with Gasteiger partial charge in [-0.1, -0.05) is 17.7 Å². The Hall–Kier alpha value is -0.650. The highest BCUT2D eigenvalue weighted by Gasteiger charge is 2.31. The molecular formula is C16H22N2OS2. The Labute approximate surface area is 135 Å². The highest BCUT2D eigenvalue weighted by molar-refractivity contribution is 8.03. The summed E-state index contributed by atoms with van der Waals surface area (Å²) in [5.41, 5.74) is 2.26. The molecule has 2 heterocycles. The van der Waals surface area contributed by atoms with Gasteiger partial charge in [0, 0.05) is 53.7 Å². The van der Waals surface area contributed by atoms with Crippen LogP contribution in [0.25, 0.3) is 0 Å². The Bertz CT molecular complexity index is 484. The van der Waals surface area contributed by atoms with Gasteiger partial charge >= 0.3 is 0 Å². The zero-order valence-electron chi connectivity index (χ0n) is 12.4. The Morgan fingerprint density at radius 1 is 1.10 bits per heavy atom. The van der Waals surface area contributed by atoms with Crippen molar-refractivity contribution in [1.82, 2.24) is 5.32 Å². The van der Waals surface area contributed by atoms with Crippen LogP contribution in [0, 0.1) is 6.92 Å². The van der Waals surface area contributed by atoms with Gasteiger partial charge in [0.05, 0.1) is 0 Å². The van der Waals surface area contributed by atoms with Gasteiger partial charge in [0.2, 0.25) is 5.91 Å². The number of thioether (sulfide) groups is 2.